The molecule has 0 N–H and O–H groups in total. The molecule has 8 heteroatoms. The number of hydrogen-bond donors (Lipinski definition) is 0. The van der Waals surface area contributed by atoms with Gasteiger partial charge in [0, 0.05) is 71.9 Å². The molecular formula is C42H30Br2N2P2Pd2. The SMILES string of the molecule is Brc1c(P(c2ccccc2)c2ccccc2)nc2ccccc2c1Br.[Pd].[Pd].c1ccc(P(c2ccccc2)c2ccc3ccccc3n2)cc1. The molecule has 0 unspecified atom stereocenters. The molecule has 0 spiro atoms. The van der Waals surface area contributed by atoms with Crippen molar-refractivity contribution in [3.63, 3.8) is 0 Å². The van der Waals surface area contributed by atoms with Crippen molar-refractivity contribution in [1.82, 2.24) is 9.97 Å². The first kappa shape index (κ1) is 38.5. The predicted octanol–water partition coefficient (Wildman–Crippen LogP) is 9.51. The normalized spacial score (nSPS) is 10.6. The van der Waals surface area contributed by atoms with Crippen LogP contribution in [0, 0.1) is 0 Å². The van der Waals surface area contributed by atoms with E-state index in [1.165, 1.54) is 26.6 Å². The molecule has 0 bridgehead atoms. The molecule has 0 amide bonds. The van der Waals surface area contributed by atoms with Crippen LogP contribution in [-0.4, -0.2) is 9.97 Å². The standard InChI is InChI=1S/C21H14Br2NP.C21H16NP.2Pd/c22-19-17-13-7-8-14-18(17)24-21(20(19)23)25(15-9-3-1-4-10-15)16-11-5-2-6-12-16;1-3-10-18(11-4-1)23(19-12-5-2-6-13-19)21-16-15-17-9-7-8-14-20(17)22-21;;/h1-14H;1-16H;;. The summed E-state index contributed by atoms with van der Waals surface area (Å²) >= 11 is 7.57. The monoisotopic (exact) mass is 994 g/mol. The van der Waals surface area contributed by atoms with Gasteiger partial charge in [-0.2, -0.15) is 0 Å². The number of halogens is 2. The third-order valence-electron chi connectivity index (χ3n) is 7.84. The van der Waals surface area contributed by atoms with Crippen molar-refractivity contribution in [2.45, 2.75) is 0 Å². The number of rotatable bonds is 6. The van der Waals surface area contributed by atoms with Crippen molar-refractivity contribution in [3.8, 4) is 0 Å². The van der Waals surface area contributed by atoms with Gasteiger partial charge in [0.15, 0.2) is 0 Å². The molecule has 2 heterocycles. The molecule has 0 aliphatic heterocycles. The number of aromatic nitrogens is 2. The van der Waals surface area contributed by atoms with E-state index in [-0.39, 0.29) is 40.8 Å². The van der Waals surface area contributed by atoms with Crippen molar-refractivity contribution in [3.05, 3.63) is 191 Å². The van der Waals surface area contributed by atoms with Crippen molar-refractivity contribution in [1.29, 1.82) is 0 Å². The van der Waals surface area contributed by atoms with Crippen LogP contribution in [-0.2, 0) is 40.8 Å². The summed E-state index contributed by atoms with van der Waals surface area (Å²) in [5.41, 5.74) is 4.30. The number of nitrogens with zero attached hydrogens (tertiary/aromatic N) is 2. The molecule has 0 fully saturated rings. The van der Waals surface area contributed by atoms with Gasteiger partial charge in [-0.25, -0.2) is 9.97 Å². The molecular weight excluding hydrogens is 967 g/mol. The van der Waals surface area contributed by atoms with Crippen molar-refractivity contribution in [2.75, 3.05) is 0 Å². The van der Waals surface area contributed by atoms with Crippen LogP contribution in [0.25, 0.3) is 21.8 Å². The van der Waals surface area contributed by atoms with Gasteiger partial charge in [-0.3, -0.25) is 0 Å². The molecule has 2 aromatic heterocycles. The largest absolute Gasteiger partial charge is 0.247 e. The van der Waals surface area contributed by atoms with E-state index in [2.05, 4.69) is 196 Å². The fraction of sp³-hybridized carbons (Fsp3) is 0. The molecule has 0 aliphatic carbocycles. The van der Waals surface area contributed by atoms with E-state index >= 15 is 0 Å². The molecule has 8 rings (SSSR count). The fourth-order valence-corrected chi connectivity index (χ4v) is 11.5. The smallest absolute Gasteiger partial charge is 0.0881 e. The number of benzene rings is 6. The van der Waals surface area contributed by atoms with Gasteiger partial charge in [-0.05, 0) is 71.3 Å². The zero-order valence-electron chi connectivity index (χ0n) is 26.5. The number of fused-ring (bicyclic) bond motifs is 2. The van der Waals surface area contributed by atoms with Crippen molar-refractivity contribution >= 4 is 102 Å². The van der Waals surface area contributed by atoms with Gasteiger partial charge in [0.25, 0.3) is 0 Å². The first-order valence-corrected chi connectivity index (χ1v) is 19.8. The van der Waals surface area contributed by atoms with Gasteiger partial charge in [0.1, 0.15) is 0 Å². The average molecular weight is 997 g/mol. The molecule has 2 nitrogen and oxygen atoms in total. The van der Waals surface area contributed by atoms with E-state index in [1.54, 1.807) is 0 Å². The number of para-hydroxylation sites is 2. The van der Waals surface area contributed by atoms with Gasteiger partial charge in [-0.15, -0.1) is 0 Å². The van der Waals surface area contributed by atoms with Crippen LogP contribution in [0.1, 0.15) is 0 Å². The molecule has 252 valence electrons. The minimum absolute atomic E-state index is 0. The topological polar surface area (TPSA) is 25.8 Å². The van der Waals surface area contributed by atoms with Crippen molar-refractivity contribution in [2.24, 2.45) is 0 Å². The van der Waals surface area contributed by atoms with E-state index in [0.717, 1.165) is 36.2 Å². The maximum Gasteiger partial charge on any atom is 0.0881 e. The molecule has 50 heavy (non-hydrogen) atoms. The van der Waals surface area contributed by atoms with Crippen LogP contribution in [0.2, 0.25) is 0 Å². The Morgan fingerprint density at radius 3 is 1.30 bits per heavy atom. The Labute approximate surface area is 340 Å². The van der Waals surface area contributed by atoms with Gasteiger partial charge in [0.05, 0.1) is 26.4 Å². The minimum Gasteiger partial charge on any atom is -0.247 e. The van der Waals surface area contributed by atoms with E-state index in [1.807, 2.05) is 18.2 Å². The van der Waals surface area contributed by atoms with Crippen LogP contribution in [0.15, 0.2) is 191 Å². The molecule has 0 saturated carbocycles. The van der Waals surface area contributed by atoms with Crippen LogP contribution < -0.4 is 32.1 Å². The molecule has 8 aromatic rings. The molecule has 0 radical (unpaired) electrons. The Balaban J connectivity index is 0.000000187. The second kappa shape index (κ2) is 18.7. The van der Waals surface area contributed by atoms with Crippen LogP contribution in [0.3, 0.4) is 0 Å². The first-order chi connectivity index (χ1) is 23.7. The van der Waals surface area contributed by atoms with Gasteiger partial charge in [0.2, 0.25) is 0 Å². The van der Waals surface area contributed by atoms with E-state index < -0.39 is 15.8 Å². The Bertz CT molecular complexity index is 2200. The van der Waals surface area contributed by atoms with Gasteiger partial charge < -0.3 is 0 Å². The second-order valence-corrected chi connectivity index (χ2v) is 16.8. The fourth-order valence-electron chi connectivity index (χ4n) is 5.58. The van der Waals surface area contributed by atoms with Crippen LogP contribution in [0.5, 0.6) is 0 Å². The minimum atomic E-state index is -0.744. The summed E-state index contributed by atoms with van der Waals surface area (Å²) in [6.07, 6.45) is 0. The third-order valence-corrected chi connectivity index (χ3v) is 15.0. The summed E-state index contributed by atoms with van der Waals surface area (Å²) in [5, 5.41) is 7.55. The Morgan fingerprint density at radius 2 is 0.780 bits per heavy atom. The molecule has 0 saturated heterocycles. The van der Waals surface area contributed by atoms with Crippen LogP contribution in [0.4, 0.5) is 0 Å². The van der Waals surface area contributed by atoms with E-state index in [4.69, 9.17) is 9.97 Å². The molecule has 0 aliphatic rings. The molecule has 0 atom stereocenters. The predicted molar refractivity (Wildman–Crippen MR) is 216 cm³/mol. The Kier molecular flexibility index (Phi) is 14.4. The third kappa shape index (κ3) is 8.83. The van der Waals surface area contributed by atoms with Crippen molar-refractivity contribution < 1.29 is 40.8 Å². The van der Waals surface area contributed by atoms with Crippen LogP contribution >= 0.6 is 47.7 Å². The maximum atomic E-state index is 5.04. The zero-order chi connectivity index (χ0) is 32.7. The summed E-state index contributed by atoms with van der Waals surface area (Å²) in [6, 6.07) is 63.5. The summed E-state index contributed by atoms with van der Waals surface area (Å²) in [4.78, 5) is 10.00. The Hall–Kier alpha value is -2.72. The second-order valence-electron chi connectivity index (χ2n) is 11.0. The molecule has 6 aromatic carbocycles. The van der Waals surface area contributed by atoms with E-state index in [0.29, 0.717) is 0 Å². The summed E-state index contributed by atoms with van der Waals surface area (Å²) in [7, 11) is -1.37. The summed E-state index contributed by atoms with van der Waals surface area (Å²) < 4.78 is 2.09. The maximum absolute atomic E-state index is 5.04. The average Bonchev–Trinajstić information content (AvgIpc) is 3.16. The zero-order valence-corrected chi connectivity index (χ0v) is 34.6. The summed E-state index contributed by atoms with van der Waals surface area (Å²) in [5.74, 6) is 0. The Morgan fingerprint density at radius 1 is 0.360 bits per heavy atom. The van der Waals surface area contributed by atoms with Gasteiger partial charge >= 0.3 is 0 Å². The number of pyridine rings is 2. The van der Waals surface area contributed by atoms with E-state index in [9.17, 15) is 0 Å². The van der Waals surface area contributed by atoms with Gasteiger partial charge in [-0.1, -0.05) is 164 Å². The summed E-state index contributed by atoms with van der Waals surface area (Å²) in [6.45, 7) is 0. The quantitative estimate of drug-likeness (QED) is 0.123. The first-order valence-electron chi connectivity index (χ1n) is 15.6. The number of hydrogen-bond acceptors (Lipinski definition) is 2.